The topological polar surface area (TPSA) is 103 Å². The Morgan fingerprint density at radius 2 is 1.07 bits per heavy atom. The minimum absolute atomic E-state index is 0. The van der Waals surface area contributed by atoms with Crippen LogP contribution >= 0.6 is 0 Å². The third-order valence-electron chi connectivity index (χ3n) is 2.20. The Labute approximate surface area is 114 Å². The summed E-state index contributed by atoms with van der Waals surface area (Å²) < 4.78 is 0. The first-order chi connectivity index (χ1) is 5.60. The van der Waals surface area contributed by atoms with Gasteiger partial charge in [0.25, 0.3) is 0 Å². The molecule has 0 amide bonds. The summed E-state index contributed by atoms with van der Waals surface area (Å²) in [5, 5.41) is 7.88. The van der Waals surface area contributed by atoms with Crippen LogP contribution in [0.5, 0.6) is 0 Å². The van der Waals surface area contributed by atoms with E-state index in [4.69, 9.17) is 5.11 Å². The van der Waals surface area contributed by atoms with Gasteiger partial charge in [0, 0.05) is 32.8 Å². The molecule has 0 radical (unpaired) electrons. The Bertz CT molecular complexity index is 81.9. The Balaban J connectivity index is -0.0000000424. The standard InChI is InChI=1S/C6H16OSi.C3H8O.2H2O.Zr/c1-4-8(7,5-2)6-3;1-2-3-4;;;/h7H,4-6H2,1-3H3;4H,2-3H2,1H3;2*1H2;. The first kappa shape index (κ1) is 29.7. The average molecular weight is 320 g/mol. The Kier molecular flexibility index (Phi) is 40.4. The van der Waals surface area contributed by atoms with Crippen LogP contribution < -0.4 is 0 Å². The van der Waals surface area contributed by atoms with Crippen LogP contribution in [0.3, 0.4) is 0 Å². The molecule has 15 heavy (non-hydrogen) atoms. The maximum absolute atomic E-state index is 9.58. The van der Waals surface area contributed by atoms with Crippen LogP contribution in [0.25, 0.3) is 0 Å². The largest absolute Gasteiger partial charge is 0.432 e. The molecule has 0 aliphatic carbocycles. The minimum atomic E-state index is -1.67. The third-order valence-corrected chi connectivity index (χ3v) is 6.15. The number of hydrogen-bond acceptors (Lipinski definition) is 2. The normalized spacial score (nSPS) is 8.40. The van der Waals surface area contributed by atoms with Crippen molar-refractivity contribution in [1.29, 1.82) is 0 Å². The van der Waals surface area contributed by atoms with Crippen molar-refractivity contribution >= 4 is 8.32 Å². The van der Waals surface area contributed by atoms with E-state index in [-0.39, 0.29) is 37.2 Å². The quantitative estimate of drug-likeness (QED) is 0.745. The molecule has 0 bridgehead atoms. The van der Waals surface area contributed by atoms with E-state index in [9.17, 15) is 4.80 Å². The molecular formula is C9H28O4SiZr. The van der Waals surface area contributed by atoms with Gasteiger partial charge in [0.15, 0.2) is 8.32 Å². The van der Waals surface area contributed by atoms with Crippen molar-refractivity contribution in [1.82, 2.24) is 0 Å². The molecule has 0 aliphatic heterocycles. The number of aliphatic hydroxyl groups excluding tert-OH is 1. The van der Waals surface area contributed by atoms with E-state index in [2.05, 4.69) is 20.8 Å². The van der Waals surface area contributed by atoms with E-state index >= 15 is 0 Å². The van der Waals surface area contributed by atoms with E-state index in [1.165, 1.54) is 0 Å². The van der Waals surface area contributed by atoms with Gasteiger partial charge in [-0.1, -0.05) is 27.7 Å². The summed E-state index contributed by atoms with van der Waals surface area (Å²) in [5.74, 6) is 0. The van der Waals surface area contributed by atoms with Crippen molar-refractivity contribution in [3.63, 3.8) is 0 Å². The van der Waals surface area contributed by atoms with Crippen LogP contribution in [-0.2, 0) is 26.2 Å². The summed E-state index contributed by atoms with van der Waals surface area (Å²) in [6, 6.07) is 3.04. The van der Waals surface area contributed by atoms with Crippen LogP contribution in [0, 0.1) is 0 Å². The summed E-state index contributed by atoms with van der Waals surface area (Å²) in [5.41, 5.74) is 0. The van der Waals surface area contributed by atoms with Gasteiger partial charge >= 0.3 is 0 Å². The Morgan fingerprint density at radius 1 is 0.867 bits per heavy atom. The van der Waals surface area contributed by atoms with Gasteiger partial charge in [-0.3, -0.25) is 0 Å². The van der Waals surface area contributed by atoms with Gasteiger partial charge in [-0.25, -0.2) is 0 Å². The number of rotatable bonds is 4. The number of aliphatic hydroxyl groups is 1. The summed E-state index contributed by atoms with van der Waals surface area (Å²) in [4.78, 5) is 9.58. The fourth-order valence-corrected chi connectivity index (χ4v) is 2.25. The van der Waals surface area contributed by atoms with Gasteiger partial charge in [-0.05, 0) is 24.6 Å². The van der Waals surface area contributed by atoms with Crippen molar-refractivity contribution in [2.75, 3.05) is 6.61 Å². The number of hydrogen-bond donors (Lipinski definition) is 2. The minimum Gasteiger partial charge on any atom is -0.432 e. The molecule has 0 spiro atoms. The molecule has 0 aromatic carbocycles. The molecule has 96 valence electrons. The molecule has 0 aromatic rings. The summed E-state index contributed by atoms with van der Waals surface area (Å²) in [6.45, 7) is 8.50. The molecule has 0 heterocycles. The summed E-state index contributed by atoms with van der Waals surface area (Å²) in [7, 11) is -1.67. The van der Waals surface area contributed by atoms with Crippen LogP contribution in [0.2, 0.25) is 18.1 Å². The second-order valence-electron chi connectivity index (χ2n) is 3.01. The molecular weight excluding hydrogens is 291 g/mol. The second-order valence-corrected chi connectivity index (χ2v) is 7.58. The molecule has 0 aliphatic rings. The first-order valence-electron chi connectivity index (χ1n) is 4.93. The maximum atomic E-state index is 9.58. The molecule has 0 aromatic heterocycles. The van der Waals surface area contributed by atoms with E-state index < -0.39 is 8.32 Å². The fourth-order valence-electron chi connectivity index (χ4n) is 0.750. The monoisotopic (exact) mass is 318 g/mol. The van der Waals surface area contributed by atoms with Crippen molar-refractivity contribution < 1.29 is 47.1 Å². The SMILES string of the molecule is CCCO.CC[Si](O)(CC)CC.O.O.[Zr]. The average Bonchev–Trinajstić information content (AvgIpc) is 2.17. The van der Waals surface area contributed by atoms with E-state index in [1.54, 1.807) is 0 Å². The summed E-state index contributed by atoms with van der Waals surface area (Å²) >= 11 is 0. The molecule has 4 nitrogen and oxygen atoms in total. The molecule has 6 heteroatoms. The molecule has 0 saturated heterocycles. The van der Waals surface area contributed by atoms with Crippen molar-refractivity contribution in [3.8, 4) is 0 Å². The zero-order chi connectivity index (χ0) is 10.0. The van der Waals surface area contributed by atoms with E-state index in [0.29, 0.717) is 6.61 Å². The van der Waals surface area contributed by atoms with Crippen molar-refractivity contribution in [2.45, 2.75) is 52.2 Å². The molecule has 0 saturated carbocycles. The van der Waals surface area contributed by atoms with Crippen LogP contribution in [0.1, 0.15) is 34.1 Å². The van der Waals surface area contributed by atoms with Crippen LogP contribution in [0.15, 0.2) is 0 Å². The second kappa shape index (κ2) is 20.4. The fraction of sp³-hybridized carbons (Fsp3) is 1.00. The first-order valence-corrected chi connectivity index (χ1v) is 7.50. The van der Waals surface area contributed by atoms with E-state index in [0.717, 1.165) is 24.6 Å². The van der Waals surface area contributed by atoms with Gasteiger partial charge in [0.1, 0.15) is 0 Å². The summed E-state index contributed by atoms with van der Waals surface area (Å²) in [6.07, 6.45) is 0.875. The zero-order valence-electron chi connectivity index (χ0n) is 10.4. The van der Waals surface area contributed by atoms with Crippen LogP contribution in [0.4, 0.5) is 0 Å². The van der Waals surface area contributed by atoms with Gasteiger partial charge in [-0.2, -0.15) is 0 Å². The van der Waals surface area contributed by atoms with Gasteiger partial charge < -0.3 is 20.9 Å². The predicted octanol–water partition coefficient (Wildman–Crippen LogP) is 0.721. The van der Waals surface area contributed by atoms with Gasteiger partial charge in [-0.15, -0.1) is 0 Å². The van der Waals surface area contributed by atoms with Crippen molar-refractivity contribution in [3.05, 3.63) is 0 Å². The molecule has 0 unspecified atom stereocenters. The van der Waals surface area contributed by atoms with Gasteiger partial charge in [0.05, 0.1) is 0 Å². The Hall–Kier alpha value is 0.940. The molecule has 0 fully saturated rings. The van der Waals surface area contributed by atoms with Crippen LogP contribution in [-0.4, -0.2) is 35.8 Å². The van der Waals surface area contributed by atoms with Crippen molar-refractivity contribution in [2.24, 2.45) is 0 Å². The molecule has 0 rings (SSSR count). The van der Waals surface area contributed by atoms with E-state index in [1.807, 2.05) is 6.92 Å². The molecule has 6 N–H and O–H groups in total. The zero-order valence-corrected chi connectivity index (χ0v) is 13.9. The molecule has 0 atom stereocenters. The van der Waals surface area contributed by atoms with Gasteiger partial charge in [0.2, 0.25) is 0 Å². The smallest absolute Gasteiger partial charge is 0.187 e. The maximum Gasteiger partial charge on any atom is 0.187 e. The Morgan fingerprint density at radius 3 is 1.07 bits per heavy atom. The third kappa shape index (κ3) is 20.9. The predicted molar refractivity (Wildman–Crippen MR) is 64.0 cm³/mol.